The Hall–Kier alpha value is -2.34. The Balaban J connectivity index is 1.76. The van der Waals surface area contributed by atoms with Crippen molar-refractivity contribution in [1.29, 1.82) is 0 Å². The number of nitrogens with zero attached hydrogens (tertiary/aromatic N) is 2. The Labute approximate surface area is 129 Å². The van der Waals surface area contributed by atoms with E-state index < -0.39 is 0 Å². The maximum Gasteiger partial charge on any atom is 0.272 e. The molecular weight excluding hydrogens is 334 g/mol. The van der Waals surface area contributed by atoms with Crippen LogP contribution in [0.15, 0.2) is 58.0 Å². The summed E-state index contributed by atoms with van der Waals surface area (Å²) in [5.41, 5.74) is 2.22. The highest BCUT2D eigenvalue weighted by molar-refractivity contribution is 9.10. The predicted octanol–water partition coefficient (Wildman–Crippen LogP) is 3.69. The molecule has 2 heterocycles. The van der Waals surface area contributed by atoms with Crippen LogP contribution >= 0.6 is 15.9 Å². The number of rotatable bonds is 3. The molecule has 0 bridgehead atoms. The first-order valence-corrected chi connectivity index (χ1v) is 7.05. The lowest BCUT2D eigenvalue weighted by Gasteiger charge is -2.06. The molecular formula is C15H12BrN3O2. The minimum atomic E-state index is -0.157. The van der Waals surface area contributed by atoms with Crippen LogP contribution in [0.3, 0.4) is 0 Å². The van der Waals surface area contributed by atoms with Crippen molar-refractivity contribution >= 4 is 27.5 Å². The number of anilines is 1. The molecule has 0 saturated carbocycles. The molecule has 0 atom stereocenters. The lowest BCUT2D eigenvalue weighted by atomic mass is 10.1. The quantitative estimate of drug-likeness (QED) is 0.787. The van der Waals surface area contributed by atoms with Crippen molar-refractivity contribution in [2.24, 2.45) is 7.05 Å². The van der Waals surface area contributed by atoms with Crippen molar-refractivity contribution in [2.45, 2.75) is 0 Å². The molecule has 106 valence electrons. The molecule has 21 heavy (non-hydrogen) atoms. The van der Waals surface area contributed by atoms with Crippen molar-refractivity contribution < 1.29 is 9.21 Å². The van der Waals surface area contributed by atoms with Crippen molar-refractivity contribution in [2.75, 3.05) is 5.32 Å². The van der Waals surface area contributed by atoms with E-state index >= 15 is 0 Å². The second-order valence-electron chi connectivity index (χ2n) is 4.55. The molecule has 0 saturated heterocycles. The van der Waals surface area contributed by atoms with E-state index in [4.69, 9.17) is 4.42 Å². The van der Waals surface area contributed by atoms with Crippen LogP contribution in [0, 0.1) is 0 Å². The normalized spacial score (nSPS) is 10.6. The van der Waals surface area contributed by atoms with Gasteiger partial charge in [-0.25, -0.2) is 4.98 Å². The molecule has 6 heteroatoms. The molecule has 2 aromatic heterocycles. The number of halogens is 1. The van der Waals surface area contributed by atoms with Gasteiger partial charge in [0, 0.05) is 29.0 Å². The fraction of sp³-hybridized carbons (Fsp3) is 0.0667. The van der Waals surface area contributed by atoms with Gasteiger partial charge in [0.05, 0.1) is 6.20 Å². The third-order valence-electron chi connectivity index (χ3n) is 3.06. The summed E-state index contributed by atoms with van der Waals surface area (Å²) < 4.78 is 7.86. The second kappa shape index (κ2) is 5.57. The zero-order valence-electron chi connectivity index (χ0n) is 11.2. The highest BCUT2D eigenvalue weighted by atomic mass is 79.9. The number of aromatic nitrogens is 2. The van der Waals surface area contributed by atoms with Crippen LogP contribution in [0.5, 0.6) is 0 Å². The van der Waals surface area contributed by atoms with Gasteiger partial charge in [-0.3, -0.25) is 4.79 Å². The summed E-state index contributed by atoms with van der Waals surface area (Å²) in [6, 6.07) is 9.17. The van der Waals surface area contributed by atoms with E-state index in [1.807, 2.05) is 37.5 Å². The third kappa shape index (κ3) is 2.90. The number of aryl methyl sites for hydroxylation is 1. The second-order valence-corrected chi connectivity index (χ2v) is 5.47. The van der Waals surface area contributed by atoms with Gasteiger partial charge in [0.2, 0.25) is 0 Å². The van der Waals surface area contributed by atoms with Crippen molar-refractivity contribution in [3.05, 3.63) is 59.3 Å². The average Bonchev–Trinajstić information content (AvgIpc) is 3.09. The van der Waals surface area contributed by atoms with Gasteiger partial charge in [-0.05, 0) is 46.3 Å². The highest BCUT2D eigenvalue weighted by Gasteiger charge is 2.11. The number of hydrogen-bond acceptors (Lipinski definition) is 3. The standard InChI is InChI=1S/C15H12BrN3O2/c1-19-8-11(16)6-13(19)15(20)18-12-4-2-10(3-5-12)14-7-17-9-21-14/h2-9H,1H3,(H,18,20). The van der Waals surface area contributed by atoms with Crippen molar-refractivity contribution in [3.8, 4) is 11.3 Å². The Morgan fingerprint density at radius 3 is 2.67 bits per heavy atom. The number of amides is 1. The third-order valence-corrected chi connectivity index (χ3v) is 3.50. The van der Waals surface area contributed by atoms with Crippen LogP contribution in [0.25, 0.3) is 11.3 Å². The SMILES string of the molecule is Cn1cc(Br)cc1C(=O)Nc1ccc(-c2cnco2)cc1. The lowest BCUT2D eigenvalue weighted by molar-refractivity contribution is 0.101. The van der Waals surface area contributed by atoms with Crippen LogP contribution in [0.4, 0.5) is 5.69 Å². The largest absolute Gasteiger partial charge is 0.444 e. The molecule has 5 nitrogen and oxygen atoms in total. The number of oxazole rings is 1. The van der Waals surface area contributed by atoms with Gasteiger partial charge in [-0.2, -0.15) is 0 Å². The minimum Gasteiger partial charge on any atom is -0.444 e. The molecule has 1 amide bonds. The number of benzene rings is 1. The first-order chi connectivity index (χ1) is 10.1. The van der Waals surface area contributed by atoms with Crippen LogP contribution < -0.4 is 5.32 Å². The Bertz CT molecular complexity index is 761. The van der Waals surface area contributed by atoms with Crippen molar-refractivity contribution in [3.63, 3.8) is 0 Å². The smallest absolute Gasteiger partial charge is 0.272 e. The Kier molecular flexibility index (Phi) is 3.62. The molecule has 0 fully saturated rings. The van der Waals surface area contributed by atoms with E-state index in [1.54, 1.807) is 16.8 Å². The molecule has 0 unspecified atom stereocenters. The van der Waals surface area contributed by atoms with E-state index in [2.05, 4.69) is 26.2 Å². The van der Waals surface area contributed by atoms with Crippen LogP contribution in [0.1, 0.15) is 10.5 Å². The lowest BCUT2D eigenvalue weighted by Crippen LogP contribution is -2.15. The van der Waals surface area contributed by atoms with E-state index in [9.17, 15) is 4.79 Å². The summed E-state index contributed by atoms with van der Waals surface area (Å²) in [5.74, 6) is 0.537. The molecule has 1 aromatic carbocycles. The predicted molar refractivity (Wildman–Crippen MR) is 83.0 cm³/mol. The van der Waals surface area contributed by atoms with Gasteiger partial charge >= 0.3 is 0 Å². The van der Waals surface area contributed by atoms with Crippen LogP contribution in [-0.2, 0) is 7.05 Å². The minimum absolute atomic E-state index is 0.157. The first kappa shape index (κ1) is 13.6. The molecule has 0 radical (unpaired) electrons. The molecule has 0 aliphatic carbocycles. The van der Waals surface area contributed by atoms with E-state index in [-0.39, 0.29) is 5.91 Å². The van der Waals surface area contributed by atoms with Gasteiger partial charge in [0.25, 0.3) is 5.91 Å². The van der Waals surface area contributed by atoms with Gasteiger partial charge < -0.3 is 14.3 Å². The molecule has 3 aromatic rings. The van der Waals surface area contributed by atoms with E-state index in [0.717, 1.165) is 15.7 Å². The number of carbonyl (C=O) groups is 1. The summed E-state index contributed by atoms with van der Waals surface area (Å²) >= 11 is 3.35. The number of carbonyl (C=O) groups excluding carboxylic acids is 1. The monoisotopic (exact) mass is 345 g/mol. The van der Waals surface area contributed by atoms with Gasteiger partial charge in [-0.15, -0.1) is 0 Å². The van der Waals surface area contributed by atoms with Gasteiger partial charge in [0.15, 0.2) is 12.2 Å². The zero-order valence-corrected chi connectivity index (χ0v) is 12.8. The average molecular weight is 346 g/mol. The zero-order chi connectivity index (χ0) is 14.8. The van der Waals surface area contributed by atoms with Gasteiger partial charge in [0.1, 0.15) is 5.69 Å². The number of nitrogens with one attached hydrogen (secondary N) is 1. The summed E-state index contributed by atoms with van der Waals surface area (Å²) in [7, 11) is 1.83. The maximum atomic E-state index is 12.2. The first-order valence-electron chi connectivity index (χ1n) is 6.25. The molecule has 0 aliphatic rings. The Morgan fingerprint density at radius 2 is 2.10 bits per heavy atom. The molecule has 1 N–H and O–H groups in total. The summed E-state index contributed by atoms with van der Waals surface area (Å²) in [5, 5.41) is 2.86. The van der Waals surface area contributed by atoms with Crippen molar-refractivity contribution in [1.82, 2.24) is 9.55 Å². The summed E-state index contributed by atoms with van der Waals surface area (Å²) in [6.45, 7) is 0. The fourth-order valence-electron chi connectivity index (χ4n) is 2.02. The molecule has 3 rings (SSSR count). The van der Waals surface area contributed by atoms with Gasteiger partial charge in [-0.1, -0.05) is 0 Å². The molecule has 0 aliphatic heterocycles. The number of hydrogen-bond donors (Lipinski definition) is 1. The Morgan fingerprint density at radius 1 is 1.33 bits per heavy atom. The maximum absolute atomic E-state index is 12.2. The fourth-order valence-corrected chi connectivity index (χ4v) is 2.55. The van der Waals surface area contributed by atoms with Crippen LogP contribution in [0.2, 0.25) is 0 Å². The van der Waals surface area contributed by atoms with E-state index in [0.29, 0.717) is 11.5 Å². The highest BCUT2D eigenvalue weighted by Crippen LogP contribution is 2.21. The molecule has 0 spiro atoms. The van der Waals surface area contributed by atoms with E-state index in [1.165, 1.54) is 6.39 Å². The summed E-state index contributed by atoms with van der Waals surface area (Å²) in [4.78, 5) is 16.1. The topological polar surface area (TPSA) is 60.1 Å². The summed E-state index contributed by atoms with van der Waals surface area (Å²) in [6.07, 6.45) is 4.87. The van der Waals surface area contributed by atoms with Crippen LogP contribution in [-0.4, -0.2) is 15.5 Å².